The van der Waals surface area contributed by atoms with Gasteiger partial charge >= 0.3 is 0 Å². The molecule has 0 aliphatic heterocycles. The van der Waals surface area contributed by atoms with Crippen molar-refractivity contribution in [2.24, 2.45) is 0 Å². The van der Waals surface area contributed by atoms with Gasteiger partial charge in [-0.15, -0.1) is 0 Å². The second-order valence-corrected chi connectivity index (χ2v) is 8.26. The maximum Gasteiger partial charge on any atom is 0.248 e. The lowest BCUT2D eigenvalue weighted by molar-refractivity contribution is -0.111. The molecule has 178 valence electrons. The van der Waals surface area contributed by atoms with Crippen LogP contribution in [0.1, 0.15) is 11.1 Å². The molecule has 0 saturated carbocycles. The molecule has 0 spiro atoms. The number of nitrogens with one attached hydrogen (secondary N) is 1. The third kappa shape index (κ3) is 4.54. The molecule has 0 aliphatic carbocycles. The Bertz CT molecular complexity index is 1760. The average Bonchev–Trinajstić information content (AvgIpc) is 2.89. The third-order valence-electron chi connectivity index (χ3n) is 5.74. The predicted octanol–water partition coefficient (Wildman–Crippen LogP) is 5.54. The highest BCUT2D eigenvalue weighted by Gasteiger charge is 2.09. The molecule has 0 unspecified atom stereocenters. The van der Waals surface area contributed by atoms with Crippen molar-refractivity contribution in [1.82, 2.24) is 0 Å². The van der Waals surface area contributed by atoms with Crippen LogP contribution in [0.25, 0.3) is 39.3 Å². The standard InChI is InChI=1S/C29H21NO6/c1-17-3-10-25-23(13-17)29(33)19(16-35-25)6-12-28(32)30-20-7-4-18(5-8-20)27-15-24(31)22-14-21(34-2)9-11-26(22)36-27/h3-16H,1-2H3,(H,30,32)/b12-6+. The first-order chi connectivity index (χ1) is 17.4. The molecule has 0 saturated heterocycles. The van der Waals surface area contributed by atoms with Gasteiger partial charge in [-0.25, -0.2) is 0 Å². The topological polar surface area (TPSA) is 98.8 Å². The molecule has 0 aliphatic rings. The summed E-state index contributed by atoms with van der Waals surface area (Å²) >= 11 is 0. The highest BCUT2D eigenvalue weighted by atomic mass is 16.5. The number of rotatable bonds is 5. The number of benzene rings is 3. The first-order valence-corrected chi connectivity index (χ1v) is 11.1. The molecule has 2 heterocycles. The Kier molecular flexibility index (Phi) is 5.96. The molecule has 1 N–H and O–H groups in total. The fourth-order valence-electron chi connectivity index (χ4n) is 3.85. The number of hydrogen-bond donors (Lipinski definition) is 1. The van der Waals surface area contributed by atoms with Crippen LogP contribution < -0.4 is 20.9 Å². The van der Waals surface area contributed by atoms with Crippen LogP contribution in [-0.4, -0.2) is 13.0 Å². The van der Waals surface area contributed by atoms with E-state index in [9.17, 15) is 14.4 Å². The minimum atomic E-state index is -0.405. The van der Waals surface area contributed by atoms with Gasteiger partial charge in [0.05, 0.1) is 23.4 Å². The lowest BCUT2D eigenvalue weighted by Gasteiger charge is -2.06. The Morgan fingerprint density at radius 2 is 1.69 bits per heavy atom. The van der Waals surface area contributed by atoms with Gasteiger partial charge in [0.15, 0.2) is 10.9 Å². The molecule has 0 bridgehead atoms. The van der Waals surface area contributed by atoms with Crippen LogP contribution in [0, 0.1) is 6.92 Å². The molecule has 7 nitrogen and oxygen atoms in total. The summed E-state index contributed by atoms with van der Waals surface area (Å²) in [7, 11) is 1.54. The molecular weight excluding hydrogens is 458 g/mol. The van der Waals surface area contributed by atoms with Crippen molar-refractivity contribution in [3.05, 3.63) is 111 Å². The summed E-state index contributed by atoms with van der Waals surface area (Å²) in [6.45, 7) is 1.89. The normalized spacial score (nSPS) is 11.3. The number of amides is 1. The SMILES string of the molecule is COc1ccc2oc(-c3ccc(NC(=O)/C=C/c4coc5ccc(C)cc5c4=O)cc3)cc(=O)c2c1. The van der Waals surface area contributed by atoms with Crippen molar-refractivity contribution >= 4 is 39.6 Å². The maximum absolute atomic E-state index is 12.7. The van der Waals surface area contributed by atoms with E-state index in [-0.39, 0.29) is 16.4 Å². The molecule has 0 fully saturated rings. The summed E-state index contributed by atoms with van der Waals surface area (Å²) in [5, 5.41) is 3.65. The van der Waals surface area contributed by atoms with Gasteiger partial charge in [0.2, 0.25) is 5.91 Å². The van der Waals surface area contributed by atoms with E-state index in [1.54, 1.807) is 54.6 Å². The van der Waals surface area contributed by atoms with Gasteiger partial charge < -0.3 is 18.9 Å². The molecule has 0 atom stereocenters. The van der Waals surface area contributed by atoms with Crippen molar-refractivity contribution in [1.29, 1.82) is 0 Å². The van der Waals surface area contributed by atoms with Crippen LogP contribution >= 0.6 is 0 Å². The van der Waals surface area contributed by atoms with Crippen molar-refractivity contribution in [2.75, 3.05) is 12.4 Å². The monoisotopic (exact) mass is 479 g/mol. The Hall–Kier alpha value is -4.91. The van der Waals surface area contributed by atoms with Crippen LogP contribution in [0.5, 0.6) is 5.75 Å². The quantitative estimate of drug-likeness (QED) is 0.333. The van der Waals surface area contributed by atoms with E-state index >= 15 is 0 Å². The first-order valence-electron chi connectivity index (χ1n) is 11.1. The number of methoxy groups -OCH3 is 1. The molecule has 2 aromatic heterocycles. The van der Waals surface area contributed by atoms with E-state index in [0.29, 0.717) is 44.7 Å². The van der Waals surface area contributed by atoms with Gasteiger partial charge in [-0.2, -0.15) is 0 Å². The van der Waals surface area contributed by atoms with Gasteiger partial charge in [-0.05, 0) is 67.6 Å². The predicted molar refractivity (Wildman–Crippen MR) is 139 cm³/mol. The van der Waals surface area contributed by atoms with Crippen LogP contribution in [0.2, 0.25) is 0 Å². The molecule has 5 aromatic rings. The summed E-state index contributed by atoms with van der Waals surface area (Å²) in [6, 6.07) is 18.7. The molecule has 1 amide bonds. The van der Waals surface area contributed by atoms with Gasteiger partial charge in [0.25, 0.3) is 0 Å². The number of ether oxygens (including phenoxy) is 1. The smallest absolute Gasteiger partial charge is 0.248 e. The van der Waals surface area contributed by atoms with E-state index in [0.717, 1.165) is 5.56 Å². The van der Waals surface area contributed by atoms with E-state index in [4.69, 9.17) is 13.6 Å². The molecule has 36 heavy (non-hydrogen) atoms. The fraction of sp³-hybridized carbons (Fsp3) is 0.0690. The number of carbonyl (C=O) groups is 1. The van der Waals surface area contributed by atoms with E-state index in [2.05, 4.69) is 5.32 Å². The van der Waals surface area contributed by atoms with Crippen LogP contribution in [-0.2, 0) is 4.79 Å². The highest BCUT2D eigenvalue weighted by Crippen LogP contribution is 2.25. The largest absolute Gasteiger partial charge is 0.497 e. The maximum atomic E-state index is 12.7. The molecule has 3 aromatic carbocycles. The van der Waals surface area contributed by atoms with Gasteiger partial charge in [0.1, 0.15) is 28.9 Å². The second kappa shape index (κ2) is 9.38. The van der Waals surface area contributed by atoms with Gasteiger partial charge in [-0.1, -0.05) is 11.6 Å². The Morgan fingerprint density at radius 1 is 0.917 bits per heavy atom. The highest BCUT2D eigenvalue weighted by molar-refractivity contribution is 6.02. The Balaban J connectivity index is 1.32. The third-order valence-corrected chi connectivity index (χ3v) is 5.74. The van der Waals surface area contributed by atoms with Crippen LogP contribution in [0.3, 0.4) is 0 Å². The minimum Gasteiger partial charge on any atom is -0.497 e. The molecule has 0 radical (unpaired) electrons. The van der Waals surface area contributed by atoms with Crippen LogP contribution in [0.4, 0.5) is 5.69 Å². The zero-order chi connectivity index (χ0) is 25.2. The van der Waals surface area contributed by atoms with E-state index in [1.807, 2.05) is 13.0 Å². The second-order valence-electron chi connectivity index (χ2n) is 8.26. The lowest BCUT2D eigenvalue weighted by Crippen LogP contribution is -2.09. The van der Waals surface area contributed by atoms with E-state index < -0.39 is 5.91 Å². The van der Waals surface area contributed by atoms with Crippen LogP contribution in [0.15, 0.2) is 97.5 Å². The van der Waals surface area contributed by atoms with Gasteiger partial charge in [-0.3, -0.25) is 14.4 Å². The molecular formula is C29H21NO6. The van der Waals surface area contributed by atoms with Crippen molar-refractivity contribution in [3.8, 4) is 17.1 Å². The average molecular weight is 479 g/mol. The number of aryl methyl sites for hydroxylation is 1. The minimum absolute atomic E-state index is 0.180. The van der Waals surface area contributed by atoms with Crippen molar-refractivity contribution in [3.63, 3.8) is 0 Å². The Morgan fingerprint density at radius 3 is 2.47 bits per heavy atom. The summed E-state index contributed by atoms with van der Waals surface area (Å²) in [4.78, 5) is 37.6. The summed E-state index contributed by atoms with van der Waals surface area (Å²) in [5.74, 6) is 0.583. The van der Waals surface area contributed by atoms with Crippen molar-refractivity contribution < 1.29 is 18.4 Å². The first kappa shape index (κ1) is 22.9. The number of carbonyl (C=O) groups excluding carboxylic acids is 1. The number of anilines is 1. The fourth-order valence-corrected chi connectivity index (χ4v) is 3.85. The Labute approximate surface area is 205 Å². The van der Waals surface area contributed by atoms with E-state index in [1.165, 1.54) is 31.6 Å². The summed E-state index contributed by atoms with van der Waals surface area (Å²) in [5.41, 5.74) is 3.01. The number of hydrogen-bond acceptors (Lipinski definition) is 6. The van der Waals surface area contributed by atoms with Crippen molar-refractivity contribution in [2.45, 2.75) is 6.92 Å². The lowest BCUT2D eigenvalue weighted by atomic mass is 10.1. The number of fused-ring (bicyclic) bond motifs is 2. The summed E-state index contributed by atoms with van der Waals surface area (Å²) in [6.07, 6.45) is 4.04. The molecule has 5 rings (SSSR count). The van der Waals surface area contributed by atoms with Gasteiger partial charge in [0, 0.05) is 23.4 Å². The molecule has 7 heteroatoms. The summed E-state index contributed by atoms with van der Waals surface area (Å²) < 4.78 is 16.6. The zero-order valence-corrected chi connectivity index (χ0v) is 19.5. The zero-order valence-electron chi connectivity index (χ0n) is 19.5.